The molecular formula is C12H15BrN2O3S. The summed E-state index contributed by atoms with van der Waals surface area (Å²) in [6.07, 6.45) is 1.22. The van der Waals surface area contributed by atoms with Crippen molar-refractivity contribution in [1.29, 1.82) is 0 Å². The molecule has 0 amide bonds. The Morgan fingerprint density at radius 2 is 1.79 bits per heavy atom. The van der Waals surface area contributed by atoms with Gasteiger partial charge in [0.05, 0.1) is 20.6 Å². The summed E-state index contributed by atoms with van der Waals surface area (Å²) in [6.45, 7) is 3.34. The minimum absolute atomic E-state index is 0.277. The molecule has 2 rings (SSSR count). The van der Waals surface area contributed by atoms with Gasteiger partial charge in [-0.25, -0.2) is 13.2 Å². The van der Waals surface area contributed by atoms with Crippen molar-refractivity contribution in [2.24, 2.45) is 0 Å². The van der Waals surface area contributed by atoms with Gasteiger partial charge in [-0.05, 0) is 31.5 Å². The molecule has 1 heterocycles. The van der Waals surface area contributed by atoms with E-state index >= 15 is 0 Å². The number of hydrogen-bond donors (Lipinski definition) is 2. The van der Waals surface area contributed by atoms with E-state index in [0.29, 0.717) is 11.0 Å². The van der Waals surface area contributed by atoms with Crippen molar-refractivity contribution in [3.8, 4) is 0 Å². The number of halogens is 1. The summed E-state index contributed by atoms with van der Waals surface area (Å²) >= 11 is 3.45. The lowest BCUT2D eigenvalue weighted by atomic mass is 10.0. The van der Waals surface area contributed by atoms with Gasteiger partial charge in [0, 0.05) is 6.26 Å². The lowest BCUT2D eigenvalue weighted by molar-refractivity contribution is 0.548. The van der Waals surface area contributed by atoms with E-state index in [4.69, 9.17) is 0 Å². The highest BCUT2D eigenvalue weighted by Crippen LogP contribution is 2.39. The fourth-order valence-electron chi connectivity index (χ4n) is 1.80. The largest absolute Gasteiger partial charge is 0.323 e. The molecular weight excluding hydrogens is 332 g/mol. The Bertz CT molecular complexity index is 774. The second-order valence-electron chi connectivity index (χ2n) is 5.12. The highest BCUT2D eigenvalue weighted by molar-refractivity contribution is 9.09. The van der Waals surface area contributed by atoms with Crippen molar-refractivity contribution >= 4 is 36.8 Å². The summed E-state index contributed by atoms with van der Waals surface area (Å²) in [7, 11) is -3.22. The molecule has 104 valence electrons. The maximum absolute atomic E-state index is 11.8. The number of sulfone groups is 1. The summed E-state index contributed by atoms with van der Waals surface area (Å²) in [5.74, 6) is 0. The van der Waals surface area contributed by atoms with Gasteiger partial charge < -0.3 is 9.97 Å². The summed E-state index contributed by atoms with van der Waals surface area (Å²) in [4.78, 5) is 16.2. The van der Waals surface area contributed by atoms with Crippen LogP contribution in [0, 0.1) is 0 Å². The van der Waals surface area contributed by atoms with E-state index in [1.54, 1.807) is 32.0 Å². The third-order valence-corrected chi connectivity index (χ3v) is 7.52. The molecule has 0 bridgehead atoms. The highest BCUT2D eigenvalue weighted by atomic mass is 79.9. The summed E-state index contributed by atoms with van der Waals surface area (Å²) in [5, 5.41) is 0. The number of nitrogens with one attached hydrogen (secondary N) is 2. The predicted octanol–water partition coefficient (Wildman–Crippen LogP) is 2.12. The highest BCUT2D eigenvalue weighted by Gasteiger charge is 2.38. The molecule has 1 aromatic carbocycles. The Morgan fingerprint density at radius 1 is 1.21 bits per heavy atom. The minimum Gasteiger partial charge on any atom is -0.306 e. The molecule has 0 saturated heterocycles. The summed E-state index contributed by atoms with van der Waals surface area (Å²) in [5.41, 5.74) is 1.89. The smallest absolute Gasteiger partial charge is 0.306 e. The van der Waals surface area contributed by atoms with Crippen molar-refractivity contribution in [1.82, 2.24) is 9.97 Å². The Balaban J connectivity index is 2.52. The normalized spacial score (nSPS) is 14.7. The average molecular weight is 347 g/mol. The fraction of sp³-hybridized carbons (Fsp3) is 0.417. The van der Waals surface area contributed by atoms with Crippen LogP contribution >= 0.6 is 15.9 Å². The van der Waals surface area contributed by atoms with Gasteiger partial charge in [-0.1, -0.05) is 22.0 Å². The molecule has 1 atom stereocenters. The second kappa shape index (κ2) is 4.49. The number of H-pyrrole nitrogens is 2. The predicted molar refractivity (Wildman–Crippen MR) is 79.5 cm³/mol. The molecule has 5 nitrogen and oxygen atoms in total. The van der Waals surface area contributed by atoms with Gasteiger partial charge in [0.2, 0.25) is 0 Å². The molecule has 0 fully saturated rings. The number of imidazole rings is 1. The number of aromatic nitrogens is 2. The molecule has 0 saturated carbocycles. The zero-order valence-electron chi connectivity index (χ0n) is 10.8. The Morgan fingerprint density at radius 3 is 2.37 bits per heavy atom. The van der Waals surface area contributed by atoms with E-state index < -0.39 is 14.6 Å². The molecule has 19 heavy (non-hydrogen) atoms. The lowest BCUT2D eigenvalue weighted by Crippen LogP contribution is -2.35. The molecule has 0 aliphatic rings. The van der Waals surface area contributed by atoms with Crippen LogP contribution in [0.15, 0.2) is 23.0 Å². The van der Waals surface area contributed by atoms with E-state index in [-0.39, 0.29) is 10.5 Å². The number of rotatable bonds is 3. The summed E-state index contributed by atoms with van der Waals surface area (Å²) < 4.78 is 22.7. The lowest BCUT2D eigenvalue weighted by Gasteiger charge is -2.28. The maximum Gasteiger partial charge on any atom is 0.323 e. The van der Waals surface area contributed by atoms with Crippen molar-refractivity contribution in [2.45, 2.75) is 23.4 Å². The first-order valence-electron chi connectivity index (χ1n) is 5.68. The van der Waals surface area contributed by atoms with E-state index in [9.17, 15) is 13.2 Å². The van der Waals surface area contributed by atoms with E-state index in [0.717, 1.165) is 5.56 Å². The van der Waals surface area contributed by atoms with Crippen LogP contribution in [0.2, 0.25) is 0 Å². The van der Waals surface area contributed by atoms with E-state index in [2.05, 4.69) is 25.9 Å². The molecule has 7 heteroatoms. The molecule has 2 N–H and O–H groups in total. The first-order valence-corrected chi connectivity index (χ1v) is 8.49. The molecule has 0 aliphatic carbocycles. The van der Waals surface area contributed by atoms with Gasteiger partial charge >= 0.3 is 5.69 Å². The topological polar surface area (TPSA) is 82.8 Å². The second-order valence-corrected chi connectivity index (χ2v) is 8.63. The maximum atomic E-state index is 11.8. The molecule has 0 spiro atoms. The van der Waals surface area contributed by atoms with Gasteiger partial charge in [0.15, 0.2) is 9.84 Å². The first kappa shape index (κ1) is 14.3. The van der Waals surface area contributed by atoms with Gasteiger partial charge in [-0.3, -0.25) is 0 Å². The van der Waals surface area contributed by atoms with Gasteiger partial charge in [-0.2, -0.15) is 0 Å². The number of alkyl halides is 1. The number of hydrogen-bond acceptors (Lipinski definition) is 3. The fourth-order valence-corrected chi connectivity index (χ4v) is 3.61. The third-order valence-electron chi connectivity index (χ3n) is 3.40. The SMILES string of the molecule is CC(C)(C(Br)c1ccc2[nH]c(=O)[nH]c2c1)S(C)(=O)=O. The van der Waals surface area contributed by atoms with Crippen LogP contribution < -0.4 is 5.69 Å². The minimum atomic E-state index is -3.22. The number of fused-ring (bicyclic) bond motifs is 1. The van der Waals surface area contributed by atoms with Crippen LogP contribution in [0.4, 0.5) is 0 Å². The molecule has 1 aromatic heterocycles. The van der Waals surface area contributed by atoms with Gasteiger partial charge in [-0.15, -0.1) is 0 Å². The molecule has 0 radical (unpaired) electrons. The first-order chi connectivity index (χ1) is 8.63. The molecule has 1 unspecified atom stereocenters. The number of benzene rings is 1. The quantitative estimate of drug-likeness (QED) is 0.835. The van der Waals surface area contributed by atoms with Gasteiger partial charge in [0.25, 0.3) is 0 Å². The number of aromatic amines is 2. The van der Waals surface area contributed by atoms with Crippen molar-refractivity contribution < 1.29 is 8.42 Å². The van der Waals surface area contributed by atoms with Crippen LogP contribution in [0.1, 0.15) is 24.2 Å². The third kappa shape index (κ3) is 2.49. The Kier molecular flexibility index (Phi) is 3.38. The van der Waals surface area contributed by atoms with Crippen molar-refractivity contribution in [3.63, 3.8) is 0 Å². The van der Waals surface area contributed by atoms with Crippen LogP contribution in [-0.4, -0.2) is 29.4 Å². The van der Waals surface area contributed by atoms with Crippen LogP contribution in [-0.2, 0) is 9.84 Å². The monoisotopic (exact) mass is 346 g/mol. The van der Waals surface area contributed by atoms with E-state index in [1.165, 1.54) is 6.26 Å². The molecule has 2 aromatic rings. The van der Waals surface area contributed by atoms with Gasteiger partial charge in [0.1, 0.15) is 0 Å². The molecule has 0 aliphatic heterocycles. The van der Waals surface area contributed by atoms with Crippen molar-refractivity contribution in [3.05, 3.63) is 34.2 Å². The van der Waals surface area contributed by atoms with Crippen molar-refractivity contribution in [2.75, 3.05) is 6.26 Å². The Labute approximate surface area is 119 Å². The summed E-state index contributed by atoms with van der Waals surface area (Å²) in [6, 6.07) is 5.34. The van der Waals surface area contributed by atoms with Crippen LogP contribution in [0.25, 0.3) is 11.0 Å². The standard InChI is InChI=1S/C12H15BrN2O3S/c1-12(2,19(3,17)18)10(13)7-4-5-8-9(6-7)15-11(16)14-8/h4-6,10H,1-3H3,(H2,14,15,16). The Hall–Kier alpha value is -1.08. The van der Waals surface area contributed by atoms with Crippen LogP contribution in [0.5, 0.6) is 0 Å². The average Bonchev–Trinajstić information content (AvgIpc) is 2.65. The van der Waals surface area contributed by atoms with Crippen LogP contribution in [0.3, 0.4) is 0 Å². The van der Waals surface area contributed by atoms with E-state index in [1.807, 2.05) is 0 Å². The zero-order valence-corrected chi connectivity index (χ0v) is 13.2. The zero-order chi connectivity index (χ0) is 14.4.